The Hall–Kier alpha value is -2.37. The summed E-state index contributed by atoms with van der Waals surface area (Å²) in [4.78, 5) is 12.6. The molecule has 3 aliphatic heterocycles. The maximum atomic E-state index is 5.43. The van der Waals surface area contributed by atoms with Crippen LogP contribution in [0.2, 0.25) is 0 Å². The fraction of sp³-hybridized carbons (Fsp3) is 0.471. The highest BCUT2D eigenvalue weighted by Gasteiger charge is 2.14. The molecule has 0 atom stereocenters. The van der Waals surface area contributed by atoms with E-state index in [1.165, 1.54) is 0 Å². The van der Waals surface area contributed by atoms with Crippen molar-refractivity contribution in [2.24, 2.45) is 15.0 Å². The summed E-state index contributed by atoms with van der Waals surface area (Å²) in [6.07, 6.45) is 0.944. The van der Waals surface area contributed by atoms with Crippen molar-refractivity contribution in [3.63, 3.8) is 0 Å². The molecule has 0 aromatic heterocycles. The van der Waals surface area contributed by atoms with Crippen molar-refractivity contribution in [1.82, 2.24) is 0 Å². The third-order valence-electron chi connectivity index (χ3n) is 3.48. The Labute approximate surface area is 135 Å². The fourth-order valence-electron chi connectivity index (χ4n) is 2.40. The summed E-state index contributed by atoms with van der Waals surface area (Å²) < 4.78 is 15.9. The smallest absolute Gasteiger partial charge is 0.216 e. The van der Waals surface area contributed by atoms with Gasteiger partial charge in [-0.05, 0) is 18.2 Å². The Bertz CT molecular complexity index is 598. The zero-order valence-electron chi connectivity index (χ0n) is 13.3. The highest BCUT2D eigenvalue weighted by Crippen LogP contribution is 2.13. The van der Waals surface area contributed by atoms with Gasteiger partial charge in [-0.3, -0.25) is 4.99 Å². The van der Waals surface area contributed by atoms with E-state index in [2.05, 4.69) is 15.0 Å². The van der Waals surface area contributed by atoms with Gasteiger partial charge in [-0.1, -0.05) is 13.0 Å². The van der Waals surface area contributed by atoms with Gasteiger partial charge in [0.25, 0.3) is 0 Å². The van der Waals surface area contributed by atoms with E-state index >= 15 is 0 Å². The zero-order valence-corrected chi connectivity index (χ0v) is 13.3. The monoisotopic (exact) mass is 315 g/mol. The van der Waals surface area contributed by atoms with E-state index in [1.807, 2.05) is 31.2 Å². The Balaban J connectivity index is 0.000000188. The summed E-state index contributed by atoms with van der Waals surface area (Å²) in [5.41, 5.74) is 1.99. The third-order valence-corrected chi connectivity index (χ3v) is 3.48. The average Bonchev–Trinajstić information content (AvgIpc) is 3.39. The first kappa shape index (κ1) is 15.5. The number of rotatable bonds is 3. The minimum Gasteiger partial charge on any atom is -0.479 e. The molecule has 0 amide bonds. The minimum atomic E-state index is 0.678. The predicted octanol–water partition coefficient (Wildman–Crippen LogP) is 2.07. The molecule has 0 N–H and O–H groups in total. The SMILES string of the molecule is CCC1=NCCO1.c1cc(C2=NCCO2)cc(C2=NCCO2)c1. The summed E-state index contributed by atoms with van der Waals surface area (Å²) in [7, 11) is 0. The second kappa shape index (κ2) is 7.76. The van der Waals surface area contributed by atoms with E-state index in [9.17, 15) is 0 Å². The number of nitrogens with zero attached hydrogens (tertiary/aromatic N) is 3. The maximum absolute atomic E-state index is 5.43. The van der Waals surface area contributed by atoms with Gasteiger partial charge >= 0.3 is 0 Å². The number of benzene rings is 1. The molecule has 0 radical (unpaired) electrons. The van der Waals surface area contributed by atoms with Gasteiger partial charge in [-0.2, -0.15) is 0 Å². The van der Waals surface area contributed by atoms with Crippen molar-refractivity contribution in [3.8, 4) is 0 Å². The van der Waals surface area contributed by atoms with Crippen LogP contribution in [0.4, 0.5) is 0 Å². The van der Waals surface area contributed by atoms with Crippen LogP contribution in [-0.2, 0) is 14.2 Å². The van der Waals surface area contributed by atoms with Gasteiger partial charge < -0.3 is 14.2 Å². The normalized spacial score (nSPS) is 18.7. The first-order valence-electron chi connectivity index (χ1n) is 7.98. The Morgan fingerprint density at radius 3 is 1.78 bits per heavy atom. The molecule has 0 saturated carbocycles. The van der Waals surface area contributed by atoms with Gasteiger partial charge in [0.1, 0.15) is 19.8 Å². The molecule has 0 spiro atoms. The van der Waals surface area contributed by atoms with E-state index in [-0.39, 0.29) is 0 Å². The summed E-state index contributed by atoms with van der Waals surface area (Å²) >= 11 is 0. The quantitative estimate of drug-likeness (QED) is 0.857. The number of aliphatic imine (C=N–C) groups is 3. The molecule has 4 rings (SSSR count). The molecule has 6 heteroatoms. The van der Waals surface area contributed by atoms with Crippen LogP contribution in [0, 0.1) is 0 Å². The van der Waals surface area contributed by atoms with Gasteiger partial charge in [0.2, 0.25) is 11.8 Å². The Morgan fingerprint density at radius 1 is 0.826 bits per heavy atom. The van der Waals surface area contributed by atoms with Crippen LogP contribution in [0.25, 0.3) is 0 Å². The Morgan fingerprint density at radius 2 is 1.39 bits per heavy atom. The summed E-state index contributed by atoms with van der Waals surface area (Å²) in [6, 6.07) is 7.96. The van der Waals surface area contributed by atoms with Gasteiger partial charge in [0, 0.05) is 17.5 Å². The van der Waals surface area contributed by atoms with Crippen molar-refractivity contribution in [2.75, 3.05) is 39.5 Å². The lowest BCUT2D eigenvalue weighted by Crippen LogP contribution is -2.05. The van der Waals surface area contributed by atoms with Crippen LogP contribution >= 0.6 is 0 Å². The van der Waals surface area contributed by atoms with Crippen molar-refractivity contribution >= 4 is 17.7 Å². The van der Waals surface area contributed by atoms with Crippen molar-refractivity contribution < 1.29 is 14.2 Å². The molecular weight excluding hydrogens is 294 g/mol. The van der Waals surface area contributed by atoms with Crippen LogP contribution in [-0.4, -0.2) is 57.1 Å². The Kier molecular flexibility index (Phi) is 5.24. The van der Waals surface area contributed by atoms with E-state index < -0.39 is 0 Å². The fourth-order valence-corrected chi connectivity index (χ4v) is 2.40. The number of hydrogen-bond acceptors (Lipinski definition) is 6. The molecular formula is C17H21N3O3. The van der Waals surface area contributed by atoms with E-state index in [0.29, 0.717) is 13.2 Å². The van der Waals surface area contributed by atoms with Crippen molar-refractivity contribution in [2.45, 2.75) is 13.3 Å². The molecule has 3 heterocycles. The molecule has 6 nitrogen and oxygen atoms in total. The number of hydrogen-bond donors (Lipinski definition) is 0. The molecule has 1 aromatic carbocycles. The van der Waals surface area contributed by atoms with Crippen LogP contribution in [0.5, 0.6) is 0 Å². The molecule has 0 saturated heterocycles. The van der Waals surface area contributed by atoms with Gasteiger partial charge in [0.05, 0.1) is 19.6 Å². The van der Waals surface area contributed by atoms with Gasteiger partial charge in [-0.15, -0.1) is 0 Å². The molecule has 1 aromatic rings. The third kappa shape index (κ3) is 4.09. The molecule has 0 aliphatic carbocycles. The lowest BCUT2D eigenvalue weighted by molar-refractivity contribution is 0.340. The maximum Gasteiger partial charge on any atom is 0.216 e. The molecule has 23 heavy (non-hydrogen) atoms. The summed E-state index contributed by atoms with van der Waals surface area (Å²) in [6.45, 7) is 6.55. The summed E-state index contributed by atoms with van der Waals surface area (Å²) in [5.74, 6) is 2.36. The second-order valence-corrected chi connectivity index (χ2v) is 5.13. The van der Waals surface area contributed by atoms with Crippen molar-refractivity contribution in [1.29, 1.82) is 0 Å². The van der Waals surface area contributed by atoms with Crippen LogP contribution in [0.15, 0.2) is 39.2 Å². The standard InChI is InChI=1S/C12H12N2O2.C5H9NO/c1-2-9(11-13-4-6-15-11)8-10(3-1)12-14-5-7-16-12;1-2-5-6-3-4-7-5/h1-3,8H,4-7H2;2-4H2,1H3. The zero-order chi connectivity index (χ0) is 15.9. The van der Waals surface area contributed by atoms with Gasteiger partial charge in [-0.25, -0.2) is 9.98 Å². The van der Waals surface area contributed by atoms with E-state index in [1.54, 1.807) is 0 Å². The minimum absolute atomic E-state index is 0.678. The van der Waals surface area contributed by atoms with Gasteiger partial charge in [0.15, 0.2) is 5.90 Å². The highest BCUT2D eigenvalue weighted by atomic mass is 16.5. The van der Waals surface area contributed by atoms with E-state index in [4.69, 9.17) is 14.2 Å². The topological polar surface area (TPSA) is 64.8 Å². The van der Waals surface area contributed by atoms with Crippen LogP contribution in [0.3, 0.4) is 0 Å². The lowest BCUT2D eigenvalue weighted by Gasteiger charge is -2.05. The van der Waals surface area contributed by atoms with Crippen LogP contribution < -0.4 is 0 Å². The lowest BCUT2D eigenvalue weighted by atomic mass is 10.1. The average molecular weight is 315 g/mol. The van der Waals surface area contributed by atoms with E-state index in [0.717, 1.165) is 61.5 Å². The largest absolute Gasteiger partial charge is 0.479 e. The first-order chi connectivity index (χ1) is 11.4. The molecule has 122 valence electrons. The summed E-state index contributed by atoms with van der Waals surface area (Å²) in [5, 5.41) is 0. The molecule has 3 aliphatic rings. The molecule has 0 fully saturated rings. The van der Waals surface area contributed by atoms with Crippen LogP contribution in [0.1, 0.15) is 24.5 Å². The predicted molar refractivity (Wildman–Crippen MR) is 89.7 cm³/mol. The van der Waals surface area contributed by atoms with Crippen molar-refractivity contribution in [3.05, 3.63) is 35.4 Å². The highest BCUT2D eigenvalue weighted by molar-refractivity contribution is 6.00. The second-order valence-electron chi connectivity index (χ2n) is 5.13. The number of ether oxygens (including phenoxy) is 3. The molecule has 0 unspecified atom stereocenters. The molecule has 0 bridgehead atoms. The first-order valence-corrected chi connectivity index (χ1v) is 7.98.